The quantitative estimate of drug-likeness (QED) is 0.600. The number of rotatable bonds is 4. The predicted molar refractivity (Wildman–Crippen MR) is 67.7 cm³/mol. The Morgan fingerprint density at radius 3 is 3.00 bits per heavy atom. The number of benzene rings is 1. The van der Waals surface area contributed by atoms with Gasteiger partial charge in [0.25, 0.3) is 5.91 Å². The molecule has 0 saturated carbocycles. The van der Waals surface area contributed by atoms with Gasteiger partial charge in [-0.2, -0.15) is 0 Å². The summed E-state index contributed by atoms with van der Waals surface area (Å²) in [4.78, 5) is 11.8. The van der Waals surface area contributed by atoms with E-state index < -0.39 is 0 Å². The van der Waals surface area contributed by atoms with E-state index in [1.807, 2.05) is 0 Å². The van der Waals surface area contributed by atoms with E-state index in [0.717, 1.165) is 19.4 Å². The molecule has 0 spiro atoms. The first-order valence-corrected chi connectivity index (χ1v) is 6.21. The van der Waals surface area contributed by atoms with E-state index in [1.165, 1.54) is 24.6 Å². The Labute approximate surface area is 106 Å². The third kappa shape index (κ3) is 2.92. The molecule has 18 heavy (non-hydrogen) atoms. The Morgan fingerprint density at radius 2 is 2.28 bits per heavy atom. The molecule has 0 aromatic heterocycles. The summed E-state index contributed by atoms with van der Waals surface area (Å²) in [6.45, 7) is 1.61. The zero-order chi connectivity index (χ0) is 13.0. The second kappa shape index (κ2) is 5.73. The topological polar surface area (TPSA) is 81.6 Å². The van der Waals surface area contributed by atoms with Gasteiger partial charge in [-0.1, -0.05) is 6.07 Å². The van der Waals surface area contributed by atoms with Crippen molar-refractivity contribution < 1.29 is 15.0 Å². The van der Waals surface area contributed by atoms with Crippen LogP contribution in [0.25, 0.3) is 0 Å². The fraction of sp³-hybridized carbons (Fsp3) is 0.462. The summed E-state index contributed by atoms with van der Waals surface area (Å²) in [5, 5.41) is 25.0. The van der Waals surface area contributed by atoms with Crippen molar-refractivity contribution in [2.45, 2.75) is 25.3 Å². The lowest BCUT2D eigenvalue weighted by molar-refractivity contribution is 0.0949. The maximum Gasteiger partial charge on any atom is 0.255 e. The van der Waals surface area contributed by atoms with E-state index in [0.29, 0.717) is 12.6 Å². The van der Waals surface area contributed by atoms with Crippen molar-refractivity contribution in [1.82, 2.24) is 10.6 Å². The van der Waals surface area contributed by atoms with Gasteiger partial charge >= 0.3 is 0 Å². The molecule has 5 heteroatoms. The molecule has 98 valence electrons. The number of para-hydroxylation sites is 1. The molecule has 1 heterocycles. The van der Waals surface area contributed by atoms with Crippen molar-refractivity contribution in [3.8, 4) is 11.5 Å². The van der Waals surface area contributed by atoms with Crippen molar-refractivity contribution in [2.75, 3.05) is 13.1 Å². The number of carbonyl (C=O) groups is 1. The zero-order valence-corrected chi connectivity index (χ0v) is 10.1. The smallest absolute Gasteiger partial charge is 0.255 e. The van der Waals surface area contributed by atoms with Crippen LogP contribution in [0.1, 0.15) is 29.6 Å². The fourth-order valence-corrected chi connectivity index (χ4v) is 2.17. The third-order valence-electron chi connectivity index (χ3n) is 3.20. The molecule has 4 N–H and O–H groups in total. The highest BCUT2D eigenvalue weighted by molar-refractivity contribution is 5.97. The Kier molecular flexibility index (Phi) is 4.04. The van der Waals surface area contributed by atoms with Crippen molar-refractivity contribution in [3.63, 3.8) is 0 Å². The van der Waals surface area contributed by atoms with Crippen LogP contribution in [-0.4, -0.2) is 35.3 Å². The molecule has 1 aliphatic heterocycles. The maximum atomic E-state index is 11.8. The lowest BCUT2D eigenvalue weighted by atomic mass is 10.1. The molecule has 0 radical (unpaired) electrons. The predicted octanol–water partition coefficient (Wildman–Crippen LogP) is 0.970. The number of hydrogen-bond donors (Lipinski definition) is 4. The number of amides is 1. The molecule has 0 unspecified atom stereocenters. The molecular weight excluding hydrogens is 232 g/mol. The number of phenolic OH excluding ortho intramolecular Hbond substituents is 2. The van der Waals surface area contributed by atoms with E-state index in [-0.39, 0.29) is 23.0 Å². The SMILES string of the molecule is O=C(NCC[C@@H]1CCCN1)c1cccc(O)c1O. The highest BCUT2D eigenvalue weighted by Crippen LogP contribution is 2.27. The molecule has 1 fully saturated rings. The van der Waals surface area contributed by atoms with Crippen LogP contribution in [0.15, 0.2) is 18.2 Å². The van der Waals surface area contributed by atoms with Crippen LogP contribution < -0.4 is 10.6 Å². The molecule has 1 aromatic carbocycles. The minimum absolute atomic E-state index is 0.106. The van der Waals surface area contributed by atoms with Crippen LogP contribution in [0.3, 0.4) is 0 Å². The molecule has 1 saturated heterocycles. The zero-order valence-electron chi connectivity index (χ0n) is 10.1. The lowest BCUT2D eigenvalue weighted by Gasteiger charge is -2.11. The Bertz CT molecular complexity index is 428. The number of aromatic hydroxyl groups is 2. The van der Waals surface area contributed by atoms with E-state index in [2.05, 4.69) is 10.6 Å². The molecule has 1 aromatic rings. The van der Waals surface area contributed by atoms with Crippen LogP contribution in [0.5, 0.6) is 11.5 Å². The summed E-state index contributed by atoms with van der Waals surface area (Å²) in [5.41, 5.74) is 0.106. The summed E-state index contributed by atoms with van der Waals surface area (Å²) in [6.07, 6.45) is 3.21. The molecule has 1 aliphatic rings. The molecule has 2 rings (SSSR count). The maximum absolute atomic E-state index is 11.8. The van der Waals surface area contributed by atoms with Crippen LogP contribution in [0.2, 0.25) is 0 Å². The third-order valence-corrected chi connectivity index (χ3v) is 3.20. The molecular formula is C13H18N2O3. The van der Waals surface area contributed by atoms with Gasteiger partial charge in [0.05, 0.1) is 5.56 Å². The summed E-state index contributed by atoms with van der Waals surface area (Å²) in [5.74, 6) is -1.00. The first-order chi connectivity index (χ1) is 8.68. The molecule has 0 bridgehead atoms. The van der Waals surface area contributed by atoms with Crippen LogP contribution in [0.4, 0.5) is 0 Å². The van der Waals surface area contributed by atoms with Crippen molar-refractivity contribution in [1.29, 1.82) is 0 Å². The molecule has 5 nitrogen and oxygen atoms in total. The lowest BCUT2D eigenvalue weighted by Crippen LogP contribution is -2.30. The van der Waals surface area contributed by atoms with Crippen molar-refractivity contribution >= 4 is 5.91 Å². The van der Waals surface area contributed by atoms with Gasteiger partial charge in [0.15, 0.2) is 11.5 Å². The van der Waals surface area contributed by atoms with Crippen LogP contribution in [-0.2, 0) is 0 Å². The fourth-order valence-electron chi connectivity index (χ4n) is 2.17. The van der Waals surface area contributed by atoms with E-state index in [9.17, 15) is 15.0 Å². The van der Waals surface area contributed by atoms with Gasteiger partial charge in [-0.25, -0.2) is 0 Å². The molecule has 1 atom stereocenters. The minimum atomic E-state index is -0.367. The summed E-state index contributed by atoms with van der Waals surface area (Å²) in [7, 11) is 0. The number of hydrogen-bond acceptors (Lipinski definition) is 4. The standard InChI is InChI=1S/C13H18N2O3/c16-11-5-1-4-10(12(11)17)13(18)15-8-6-9-3-2-7-14-9/h1,4-5,9,14,16-17H,2-3,6-8H2,(H,15,18)/t9-/m0/s1. The normalized spacial score (nSPS) is 18.8. The summed E-state index contributed by atoms with van der Waals surface area (Å²) >= 11 is 0. The average Bonchev–Trinajstić information content (AvgIpc) is 2.85. The van der Waals surface area contributed by atoms with Crippen molar-refractivity contribution in [2.24, 2.45) is 0 Å². The Morgan fingerprint density at radius 1 is 1.44 bits per heavy atom. The van der Waals surface area contributed by atoms with Gasteiger partial charge in [-0.05, 0) is 37.9 Å². The van der Waals surface area contributed by atoms with Gasteiger partial charge < -0.3 is 20.8 Å². The highest BCUT2D eigenvalue weighted by Gasteiger charge is 2.16. The number of nitrogens with one attached hydrogen (secondary N) is 2. The van der Waals surface area contributed by atoms with Gasteiger partial charge in [0.1, 0.15) is 0 Å². The van der Waals surface area contributed by atoms with E-state index >= 15 is 0 Å². The Hall–Kier alpha value is -1.75. The highest BCUT2D eigenvalue weighted by atomic mass is 16.3. The first kappa shape index (κ1) is 12.7. The summed E-state index contributed by atoms with van der Waals surface area (Å²) < 4.78 is 0. The van der Waals surface area contributed by atoms with E-state index in [4.69, 9.17) is 0 Å². The second-order valence-electron chi connectivity index (χ2n) is 4.51. The van der Waals surface area contributed by atoms with Crippen LogP contribution >= 0.6 is 0 Å². The second-order valence-corrected chi connectivity index (χ2v) is 4.51. The van der Waals surface area contributed by atoms with Gasteiger partial charge in [-0.3, -0.25) is 4.79 Å². The average molecular weight is 250 g/mol. The largest absolute Gasteiger partial charge is 0.504 e. The van der Waals surface area contributed by atoms with Crippen molar-refractivity contribution in [3.05, 3.63) is 23.8 Å². The van der Waals surface area contributed by atoms with Gasteiger partial charge in [-0.15, -0.1) is 0 Å². The van der Waals surface area contributed by atoms with Gasteiger partial charge in [0, 0.05) is 12.6 Å². The van der Waals surface area contributed by atoms with Crippen LogP contribution in [0, 0.1) is 0 Å². The monoisotopic (exact) mass is 250 g/mol. The molecule has 0 aliphatic carbocycles. The summed E-state index contributed by atoms with van der Waals surface area (Å²) in [6, 6.07) is 4.83. The Balaban J connectivity index is 1.85. The van der Waals surface area contributed by atoms with E-state index in [1.54, 1.807) is 0 Å². The molecule has 1 amide bonds. The minimum Gasteiger partial charge on any atom is -0.504 e. The first-order valence-electron chi connectivity index (χ1n) is 6.21. The number of carbonyl (C=O) groups excluding carboxylic acids is 1. The number of phenols is 2. The van der Waals surface area contributed by atoms with Gasteiger partial charge in [0.2, 0.25) is 0 Å².